The molecule has 3 rings (SSSR count). The lowest BCUT2D eigenvalue weighted by molar-refractivity contribution is 0.445. The van der Waals surface area contributed by atoms with E-state index in [1.165, 1.54) is 19.3 Å². The molecule has 4 heteroatoms. The molecule has 0 saturated heterocycles. The third-order valence-electron chi connectivity index (χ3n) is 3.07. The molecule has 1 aromatic carbocycles. The van der Waals surface area contributed by atoms with Crippen LogP contribution in [0.25, 0.3) is 10.9 Å². The molecule has 1 aliphatic rings. The third-order valence-corrected chi connectivity index (χ3v) is 3.07. The second-order valence-corrected chi connectivity index (χ2v) is 4.22. The van der Waals surface area contributed by atoms with Gasteiger partial charge in [0.15, 0.2) is 0 Å². The maximum absolute atomic E-state index is 5.70. The highest BCUT2D eigenvalue weighted by atomic mass is 15.1. The molecule has 0 atom stereocenters. The van der Waals surface area contributed by atoms with Crippen LogP contribution in [0.4, 0.5) is 11.8 Å². The number of rotatable bonds is 2. The molecule has 82 valence electrons. The van der Waals surface area contributed by atoms with E-state index in [0.29, 0.717) is 12.0 Å². The van der Waals surface area contributed by atoms with Crippen molar-refractivity contribution in [1.29, 1.82) is 0 Å². The third kappa shape index (κ3) is 1.56. The molecule has 16 heavy (non-hydrogen) atoms. The van der Waals surface area contributed by atoms with Gasteiger partial charge in [0, 0.05) is 11.4 Å². The summed E-state index contributed by atoms with van der Waals surface area (Å²) in [7, 11) is 0. The lowest BCUT2D eigenvalue weighted by Gasteiger charge is -2.27. The second kappa shape index (κ2) is 3.63. The molecule has 1 fully saturated rings. The number of aromatic nitrogens is 2. The summed E-state index contributed by atoms with van der Waals surface area (Å²) in [4.78, 5) is 8.49. The van der Waals surface area contributed by atoms with Crippen LogP contribution in [-0.4, -0.2) is 16.0 Å². The van der Waals surface area contributed by atoms with Crippen LogP contribution >= 0.6 is 0 Å². The number of anilines is 2. The van der Waals surface area contributed by atoms with Gasteiger partial charge in [0.1, 0.15) is 5.82 Å². The van der Waals surface area contributed by atoms with Gasteiger partial charge in [0.2, 0.25) is 5.95 Å². The van der Waals surface area contributed by atoms with Gasteiger partial charge in [-0.15, -0.1) is 0 Å². The fourth-order valence-corrected chi connectivity index (χ4v) is 1.95. The topological polar surface area (TPSA) is 63.8 Å². The summed E-state index contributed by atoms with van der Waals surface area (Å²) in [5.74, 6) is 1.20. The molecule has 0 amide bonds. The first-order chi connectivity index (χ1) is 7.83. The van der Waals surface area contributed by atoms with E-state index in [-0.39, 0.29) is 0 Å². The minimum atomic E-state index is 0.334. The zero-order valence-corrected chi connectivity index (χ0v) is 8.98. The minimum Gasteiger partial charge on any atom is -0.368 e. The summed E-state index contributed by atoms with van der Waals surface area (Å²) in [6.07, 6.45) is 3.74. The largest absolute Gasteiger partial charge is 0.368 e. The number of fused-ring (bicyclic) bond motifs is 1. The van der Waals surface area contributed by atoms with Gasteiger partial charge in [0.25, 0.3) is 0 Å². The molecule has 3 N–H and O–H groups in total. The quantitative estimate of drug-likeness (QED) is 0.804. The second-order valence-electron chi connectivity index (χ2n) is 4.22. The molecule has 0 bridgehead atoms. The summed E-state index contributed by atoms with van der Waals surface area (Å²) in [6.45, 7) is 0. The van der Waals surface area contributed by atoms with Gasteiger partial charge in [-0.25, -0.2) is 4.98 Å². The summed E-state index contributed by atoms with van der Waals surface area (Å²) in [5, 5.41) is 4.48. The molecular weight excluding hydrogens is 200 g/mol. The average molecular weight is 214 g/mol. The van der Waals surface area contributed by atoms with Gasteiger partial charge in [-0.05, 0) is 31.4 Å². The molecule has 2 aromatic rings. The van der Waals surface area contributed by atoms with Crippen molar-refractivity contribution in [2.45, 2.75) is 25.3 Å². The lowest BCUT2D eigenvalue weighted by atomic mass is 9.93. The van der Waals surface area contributed by atoms with Crippen molar-refractivity contribution in [2.24, 2.45) is 0 Å². The van der Waals surface area contributed by atoms with Crippen LogP contribution in [0.5, 0.6) is 0 Å². The van der Waals surface area contributed by atoms with E-state index in [1.807, 2.05) is 24.3 Å². The van der Waals surface area contributed by atoms with Crippen LogP contribution in [0.15, 0.2) is 24.3 Å². The van der Waals surface area contributed by atoms with Crippen molar-refractivity contribution in [2.75, 3.05) is 11.1 Å². The Labute approximate surface area is 93.9 Å². The van der Waals surface area contributed by atoms with Crippen LogP contribution in [0.2, 0.25) is 0 Å². The summed E-state index contributed by atoms with van der Waals surface area (Å²) in [5.41, 5.74) is 6.60. The molecule has 1 aliphatic carbocycles. The van der Waals surface area contributed by atoms with Crippen molar-refractivity contribution in [3.63, 3.8) is 0 Å². The summed E-state index contributed by atoms with van der Waals surface area (Å²) in [6, 6.07) is 8.49. The number of benzene rings is 1. The van der Waals surface area contributed by atoms with Gasteiger partial charge in [0.05, 0.1) is 5.52 Å². The number of nitrogen functional groups attached to an aromatic ring is 1. The van der Waals surface area contributed by atoms with Crippen molar-refractivity contribution < 1.29 is 0 Å². The Hall–Kier alpha value is -1.84. The van der Waals surface area contributed by atoms with Crippen LogP contribution in [0, 0.1) is 0 Å². The molecule has 0 aliphatic heterocycles. The molecular formula is C12H14N4. The van der Waals surface area contributed by atoms with E-state index in [1.54, 1.807) is 0 Å². The Bertz CT molecular complexity index is 519. The first-order valence-corrected chi connectivity index (χ1v) is 5.62. The van der Waals surface area contributed by atoms with Crippen LogP contribution in [-0.2, 0) is 0 Å². The van der Waals surface area contributed by atoms with Crippen molar-refractivity contribution in [3.05, 3.63) is 24.3 Å². The molecule has 0 spiro atoms. The number of nitrogens with two attached hydrogens (primary N) is 1. The summed E-state index contributed by atoms with van der Waals surface area (Å²) >= 11 is 0. The number of hydrogen-bond acceptors (Lipinski definition) is 4. The average Bonchev–Trinajstić information content (AvgIpc) is 2.23. The molecule has 1 aromatic heterocycles. The Morgan fingerprint density at radius 1 is 1.19 bits per heavy atom. The van der Waals surface area contributed by atoms with E-state index in [2.05, 4.69) is 15.3 Å². The first-order valence-electron chi connectivity index (χ1n) is 5.62. The number of nitrogens with zero attached hydrogens (tertiary/aromatic N) is 2. The molecule has 1 heterocycles. The van der Waals surface area contributed by atoms with Crippen molar-refractivity contribution >= 4 is 22.7 Å². The minimum absolute atomic E-state index is 0.334. The van der Waals surface area contributed by atoms with Crippen molar-refractivity contribution in [3.8, 4) is 0 Å². The molecule has 4 nitrogen and oxygen atoms in total. The van der Waals surface area contributed by atoms with Crippen LogP contribution in [0.3, 0.4) is 0 Å². The highest BCUT2D eigenvalue weighted by Crippen LogP contribution is 2.26. The van der Waals surface area contributed by atoms with Gasteiger partial charge < -0.3 is 11.1 Å². The number of hydrogen-bond donors (Lipinski definition) is 2. The molecule has 0 unspecified atom stereocenters. The van der Waals surface area contributed by atoms with Crippen molar-refractivity contribution in [1.82, 2.24) is 9.97 Å². The number of para-hydroxylation sites is 1. The van der Waals surface area contributed by atoms with Gasteiger partial charge in [-0.2, -0.15) is 4.98 Å². The maximum atomic E-state index is 5.70. The Morgan fingerprint density at radius 2 is 2.00 bits per heavy atom. The van der Waals surface area contributed by atoms with E-state index in [4.69, 9.17) is 5.73 Å². The Kier molecular flexibility index (Phi) is 2.13. The zero-order chi connectivity index (χ0) is 11.0. The normalized spacial score (nSPS) is 16.0. The number of nitrogens with one attached hydrogen (secondary N) is 1. The van der Waals surface area contributed by atoms with Gasteiger partial charge in [-0.3, -0.25) is 0 Å². The highest BCUT2D eigenvalue weighted by Gasteiger charge is 2.18. The maximum Gasteiger partial charge on any atom is 0.222 e. The fraction of sp³-hybridized carbons (Fsp3) is 0.333. The smallest absolute Gasteiger partial charge is 0.222 e. The highest BCUT2D eigenvalue weighted by molar-refractivity contribution is 5.89. The molecule has 1 saturated carbocycles. The van der Waals surface area contributed by atoms with Gasteiger partial charge in [-0.1, -0.05) is 12.1 Å². The van der Waals surface area contributed by atoms with Crippen LogP contribution in [0.1, 0.15) is 19.3 Å². The SMILES string of the molecule is Nc1nc(NC2CCC2)c2ccccc2n1. The van der Waals surface area contributed by atoms with E-state index in [0.717, 1.165) is 16.7 Å². The standard InChI is InChI=1S/C12H14N4/c13-12-15-10-7-2-1-6-9(10)11(16-12)14-8-4-3-5-8/h1-2,6-8H,3-5H2,(H3,13,14,15,16). The Morgan fingerprint density at radius 3 is 2.75 bits per heavy atom. The molecule has 0 radical (unpaired) electrons. The predicted octanol–water partition coefficient (Wildman–Crippen LogP) is 2.18. The zero-order valence-electron chi connectivity index (χ0n) is 8.98. The van der Waals surface area contributed by atoms with E-state index in [9.17, 15) is 0 Å². The summed E-state index contributed by atoms with van der Waals surface area (Å²) < 4.78 is 0. The fourth-order valence-electron chi connectivity index (χ4n) is 1.95. The monoisotopic (exact) mass is 214 g/mol. The first kappa shape index (κ1) is 9.39. The van der Waals surface area contributed by atoms with E-state index >= 15 is 0 Å². The van der Waals surface area contributed by atoms with Gasteiger partial charge >= 0.3 is 0 Å². The lowest BCUT2D eigenvalue weighted by Crippen LogP contribution is -2.27. The Balaban J connectivity index is 2.06. The predicted molar refractivity (Wildman–Crippen MR) is 65.2 cm³/mol. The van der Waals surface area contributed by atoms with Crippen LogP contribution < -0.4 is 11.1 Å². The van der Waals surface area contributed by atoms with E-state index < -0.39 is 0 Å².